The first-order chi connectivity index (χ1) is 15.0. The predicted molar refractivity (Wildman–Crippen MR) is 117 cm³/mol. The highest BCUT2D eigenvalue weighted by atomic mass is 16.5. The number of carboxylic acids is 1. The van der Waals surface area contributed by atoms with E-state index in [4.69, 9.17) is 9.84 Å². The second kappa shape index (κ2) is 8.95. The van der Waals surface area contributed by atoms with E-state index in [9.17, 15) is 4.79 Å². The first kappa shape index (κ1) is 20.5. The monoisotopic (exact) mass is 416 g/mol. The van der Waals surface area contributed by atoms with Crippen LogP contribution in [0.4, 0.5) is 0 Å². The number of ether oxygens (including phenoxy) is 1. The Morgan fingerprint density at radius 2 is 1.94 bits per heavy atom. The van der Waals surface area contributed by atoms with Crippen molar-refractivity contribution in [1.29, 1.82) is 0 Å². The number of benzene rings is 2. The van der Waals surface area contributed by atoms with Gasteiger partial charge in [0, 0.05) is 23.3 Å². The van der Waals surface area contributed by atoms with Crippen molar-refractivity contribution in [2.24, 2.45) is 0 Å². The van der Waals surface area contributed by atoms with Gasteiger partial charge in [0.1, 0.15) is 12.4 Å². The van der Waals surface area contributed by atoms with Crippen LogP contribution in [0.5, 0.6) is 5.75 Å². The molecule has 2 heterocycles. The van der Waals surface area contributed by atoms with Crippen molar-refractivity contribution in [3.8, 4) is 5.75 Å². The Morgan fingerprint density at radius 1 is 1.13 bits per heavy atom. The molecule has 7 nitrogen and oxygen atoms in total. The Morgan fingerprint density at radius 3 is 2.65 bits per heavy atom. The molecule has 158 valence electrons. The molecular formula is C24H24N4O3. The van der Waals surface area contributed by atoms with E-state index in [1.807, 2.05) is 67.2 Å². The van der Waals surface area contributed by atoms with Gasteiger partial charge in [-0.2, -0.15) is 5.10 Å². The van der Waals surface area contributed by atoms with E-state index in [1.54, 1.807) is 12.4 Å². The van der Waals surface area contributed by atoms with Crippen molar-refractivity contribution >= 4 is 16.9 Å². The molecule has 0 bridgehead atoms. The van der Waals surface area contributed by atoms with Gasteiger partial charge in [-0.25, -0.2) is 0 Å². The molecular weight excluding hydrogens is 392 g/mol. The third-order valence-electron chi connectivity index (χ3n) is 5.17. The molecule has 0 radical (unpaired) electrons. The van der Waals surface area contributed by atoms with Crippen molar-refractivity contribution < 1.29 is 14.6 Å². The number of hydrogen-bond acceptors (Lipinski definition) is 5. The van der Waals surface area contributed by atoms with Crippen molar-refractivity contribution in [3.05, 3.63) is 83.6 Å². The van der Waals surface area contributed by atoms with Gasteiger partial charge in [-0.05, 0) is 36.6 Å². The molecule has 7 heteroatoms. The van der Waals surface area contributed by atoms with Crippen molar-refractivity contribution in [2.45, 2.75) is 39.3 Å². The maximum absolute atomic E-state index is 10.9. The van der Waals surface area contributed by atoms with Crippen molar-refractivity contribution in [3.63, 3.8) is 0 Å². The number of aryl methyl sites for hydroxylation is 1. The SMILES string of the molecule is Cc1cnc(Cn2cc3c(COc4ccc(C(C)CC(=O)O)cc4)cccc3n2)cn1. The van der Waals surface area contributed by atoms with E-state index in [-0.39, 0.29) is 12.3 Å². The Labute approximate surface area is 180 Å². The zero-order valence-corrected chi connectivity index (χ0v) is 17.5. The fourth-order valence-corrected chi connectivity index (χ4v) is 3.46. The molecule has 2 aromatic heterocycles. The van der Waals surface area contributed by atoms with Crippen LogP contribution in [0.1, 0.15) is 41.8 Å². The van der Waals surface area contributed by atoms with E-state index in [2.05, 4.69) is 15.1 Å². The van der Waals surface area contributed by atoms with E-state index in [0.717, 1.165) is 39.2 Å². The normalized spacial score (nSPS) is 12.1. The lowest BCUT2D eigenvalue weighted by atomic mass is 9.98. The summed E-state index contributed by atoms with van der Waals surface area (Å²) in [5, 5.41) is 14.6. The lowest BCUT2D eigenvalue weighted by molar-refractivity contribution is -0.137. The topological polar surface area (TPSA) is 90.1 Å². The minimum Gasteiger partial charge on any atom is -0.489 e. The lowest BCUT2D eigenvalue weighted by Crippen LogP contribution is -2.03. The van der Waals surface area contributed by atoms with Crippen LogP contribution in [0.15, 0.2) is 61.1 Å². The standard InChI is InChI=1S/C24H24N4O3/c1-16(10-24(29)30)18-6-8-21(9-7-18)31-15-19-4-3-5-23-22(19)14-28(27-23)13-20-12-25-17(2)11-26-20/h3-9,11-12,14,16H,10,13,15H2,1-2H3,(H,29,30). The fraction of sp³-hybridized carbons (Fsp3) is 0.250. The number of nitrogens with zero attached hydrogens (tertiary/aromatic N) is 4. The second-order valence-corrected chi connectivity index (χ2v) is 7.68. The van der Waals surface area contributed by atoms with Crippen LogP contribution in [0.3, 0.4) is 0 Å². The Balaban J connectivity index is 1.45. The summed E-state index contributed by atoms with van der Waals surface area (Å²) in [7, 11) is 0. The Kier molecular flexibility index (Phi) is 5.93. The third-order valence-corrected chi connectivity index (χ3v) is 5.17. The molecule has 31 heavy (non-hydrogen) atoms. The summed E-state index contributed by atoms with van der Waals surface area (Å²) in [5.74, 6) is -0.0918. The number of carbonyl (C=O) groups is 1. The summed E-state index contributed by atoms with van der Waals surface area (Å²) in [6, 6.07) is 13.6. The summed E-state index contributed by atoms with van der Waals surface area (Å²) in [6.07, 6.45) is 5.64. The highest BCUT2D eigenvalue weighted by Crippen LogP contribution is 2.24. The molecule has 1 atom stereocenters. The van der Waals surface area contributed by atoms with Crippen LogP contribution in [0.2, 0.25) is 0 Å². The Bertz CT molecular complexity index is 1180. The molecule has 1 unspecified atom stereocenters. The molecule has 0 saturated heterocycles. The zero-order valence-electron chi connectivity index (χ0n) is 17.5. The molecule has 0 aliphatic carbocycles. The van der Waals surface area contributed by atoms with Gasteiger partial charge in [0.25, 0.3) is 0 Å². The highest BCUT2D eigenvalue weighted by Gasteiger charge is 2.11. The lowest BCUT2D eigenvalue weighted by Gasteiger charge is -2.11. The zero-order chi connectivity index (χ0) is 21.8. The maximum Gasteiger partial charge on any atom is 0.303 e. The van der Waals surface area contributed by atoms with Gasteiger partial charge >= 0.3 is 5.97 Å². The molecule has 0 amide bonds. The van der Waals surface area contributed by atoms with Gasteiger partial charge in [-0.15, -0.1) is 0 Å². The average Bonchev–Trinajstić information content (AvgIpc) is 3.17. The average molecular weight is 416 g/mol. The maximum atomic E-state index is 10.9. The van der Waals surface area contributed by atoms with Gasteiger partial charge in [-0.1, -0.05) is 31.2 Å². The molecule has 0 aliphatic rings. The molecule has 2 aromatic carbocycles. The van der Waals surface area contributed by atoms with Crippen molar-refractivity contribution in [2.75, 3.05) is 0 Å². The van der Waals surface area contributed by atoms with Crippen LogP contribution in [0.25, 0.3) is 10.9 Å². The van der Waals surface area contributed by atoms with E-state index in [0.29, 0.717) is 13.2 Å². The first-order valence-electron chi connectivity index (χ1n) is 10.1. The summed E-state index contributed by atoms with van der Waals surface area (Å²) in [4.78, 5) is 19.6. The quantitative estimate of drug-likeness (QED) is 0.460. The molecule has 1 N–H and O–H groups in total. The summed E-state index contributed by atoms with van der Waals surface area (Å²) < 4.78 is 7.85. The van der Waals surface area contributed by atoms with Crippen LogP contribution >= 0.6 is 0 Å². The smallest absolute Gasteiger partial charge is 0.303 e. The summed E-state index contributed by atoms with van der Waals surface area (Å²) in [5.41, 5.74) is 4.67. The summed E-state index contributed by atoms with van der Waals surface area (Å²) >= 11 is 0. The molecule has 0 spiro atoms. The molecule has 0 saturated carbocycles. The van der Waals surface area contributed by atoms with Gasteiger partial charge in [-0.3, -0.25) is 19.4 Å². The van der Waals surface area contributed by atoms with Gasteiger partial charge in [0.15, 0.2) is 0 Å². The number of aromatic nitrogens is 4. The number of fused-ring (bicyclic) bond motifs is 1. The van der Waals surface area contributed by atoms with Crippen LogP contribution < -0.4 is 4.74 Å². The molecule has 0 aliphatic heterocycles. The van der Waals surface area contributed by atoms with Gasteiger partial charge in [0.05, 0.1) is 36.1 Å². The highest BCUT2D eigenvalue weighted by molar-refractivity contribution is 5.81. The Hall–Kier alpha value is -3.74. The largest absolute Gasteiger partial charge is 0.489 e. The molecule has 4 rings (SSSR count). The minimum atomic E-state index is -0.795. The first-order valence-corrected chi connectivity index (χ1v) is 10.1. The number of hydrogen-bond donors (Lipinski definition) is 1. The second-order valence-electron chi connectivity index (χ2n) is 7.68. The summed E-state index contributed by atoms with van der Waals surface area (Å²) in [6.45, 7) is 4.79. The van der Waals surface area contributed by atoms with Crippen LogP contribution in [-0.4, -0.2) is 30.8 Å². The molecule has 0 fully saturated rings. The third kappa shape index (κ3) is 5.06. The van der Waals surface area contributed by atoms with Crippen molar-refractivity contribution in [1.82, 2.24) is 19.7 Å². The van der Waals surface area contributed by atoms with Gasteiger partial charge < -0.3 is 9.84 Å². The van der Waals surface area contributed by atoms with Crippen LogP contribution in [0, 0.1) is 6.92 Å². The fourth-order valence-electron chi connectivity index (χ4n) is 3.46. The minimum absolute atomic E-state index is 0.0376. The van der Waals surface area contributed by atoms with E-state index in [1.165, 1.54) is 0 Å². The number of rotatable bonds is 8. The number of carboxylic acid groups (broad SMARTS) is 1. The van der Waals surface area contributed by atoms with Crippen LogP contribution in [-0.2, 0) is 17.9 Å². The number of aliphatic carboxylic acids is 1. The molecule has 4 aromatic rings. The predicted octanol–water partition coefficient (Wildman–Crippen LogP) is 4.34. The van der Waals surface area contributed by atoms with Gasteiger partial charge in [0.2, 0.25) is 0 Å². The van der Waals surface area contributed by atoms with E-state index >= 15 is 0 Å². The van der Waals surface area contributed by atoms with E-state index < -0.39 is 5.97 Å².